The van der Waals surface area contributed by atoms with Crippen molar-refractivity contribution < 1.29 is 9.21 Å². The molecular formula is C13H14N2O2. The third-order valence-corrected chi connectivity index (χ3v) is 2.49. The van der Waals surface area contributed by atoms with Gasteiger partial charge < -0.3 is 9.73 Å². The lowest BCUT2D eigenvalue weighted by atomic mass is 10.1. The van der Waals surface area contributed by atoms with E-state index in [-0.39, 0.29) is 17.7 Å². The van der Waals surface area contributed by atoms with Crippen LogP contribution in [0.4, 0.5) is 0 Å². The molecule has 1 atom stereocenters. The average Bonchev–Trinajstić information content (AvgIpc) is 2.77. The summed E-state index contributed by atoms with van der Waals surface area (Å²) >= 11 is 0. The molecule has 88 valence electrons. The van der Waals surface area contributed by atoms with Gasteiger partial charge >= 0.3 is 0 Å². The van der Waals surface area contributed by atoms with Crippen molar-refractivity contribution in [2.75, 3.05) is 0 Å². The Hall–Kier alpha value is -2.10. The normalized spacial score (nSPS) is 12.1. The van der Waals surface area contributed by atoms with E-state index in [1.54, 1.807) is 6.92 Å². The van der Waals surface area contributed by atoms with Crippen LogP contribution in [0.15, 0.2) is 40.9 Å². The quantitative estimate of drug-likeness (QED) is 0.881. The number of carbonyl (C=O) groups excluding carboxylic acids is 1. The second kappa shape index (κ2) is 4.82. The molecule has 0 aliphatic carbocycles. The highest BCUT2D eigenvalue weighted by Crippen LogP contribution is 2.12. The topological polar surface area (TPSA) is 55.1 Å². The molecule has 2 rings (SSSR count). The van der Waals surface area contributed by atoms with E-state index >= 15 is 0 Å². The molecule has 0 saturated heterocycles. The number of hydrogen-bond donors (Lipinski definition) is 1. The van der Waals surface area contributed by atoms with Gasteiger partial charge in [-0.15, -0.1) is 0 Å². The molecule has 0 saturated carbocycles. The molecule has 1 unspecified atom stereocenters. The molecule has 0 radical (unpaired) electrons. The minimum absolute atomic E-state index is 0.0610. The Balaban J connectivity index is 2.04. The van der Waals surface area contributed by atoms with Crippen LogP contribution in [0, 0.1) is 6.92 Å². The molecule has 0 bridgehead atoms. The van der Waals surface area contributed by atoms with Gasteiger partial charge in [0.1, 0.15) is 0 Å². The summed E-state index contributed by atoms with van der Waals surface area (Å²) in [6.45, 7) is 3.63. The van der Waals surface area contributed by atoms with Crippen molar-refractivity contribution in [1.29, 1.82) is 0 Å². The van der Waals surface area contributed by atoms with Gasteiger partial charge in [-0.05, 0) is 12.5 Å². The molecule has 1 aromatic carbocycles. The van der Waals surface area contributed by atoms with Crippen molar-refractivity contribution in [3.8, 4) is 0 Å². The zero-order chi connectivity index (χ0) is 12.3. The van der Waals surface area contributed by atoms with Crippen LogP contribution in [0.2, 0.25) is 0 Å². The first kappa shape index (κ1) is 11.4. The fraction of sp³-hybridized carbons (Fsp3) is 0.231. The second-order valence-electron chi connectivity index (χ2n) is 3.85. The molecular weight excluding hydrogens is 216 g/mol. The van der Waals surface area contributed by atoms with E-state index in [4.69, 9.17) is 4.42 Å². The van der Waals surface area contributed by atoms with Gasteiger partial charge in [-0.2, -0.15) is 0 Å². The van der Waals surface area contributed by atoms with Crippen LogP contribution < -0.4 is 5.32 Å². The van der Waals surface area contributed by atoms with E-state index in [1.807, 2.05) is 37.3 Å². The molecule has 4 heteroatoms. The van der Waals surface area contributed by atoms with Crippen LogP contribution >= 0.6 is 0 Å². The molecule has 1 aromatic heterocycles. The summed E-state index contributed by atoms with van der Waals surface area (Å²) in [6, 6.07) is 9.70. The lowest BCUT2D eigenvalue weighted by molar-refractivity contribution is 0.0910. The Labute approximate surface area is 99.7 Å². The Morgan fingerprint density at radius 1 is 1.35 bits per heavy atom. The van der Waals surface area contributed by atoms with Crippen molar-refractivity contribution in [3.05, 3.63) is 53.7 Å². The highest BCUT2D eigenvalue weighted by Gasteiger charge is 2.14. The monoisotopic (exact) mass is 230 g/mol. The number of nitrogens with zero attached hydrogens (tertiary/aromatic N) is 1. The maximum absolute atomic E-state index is 11.8. The van der Waals surface area contributed by atoms with E-state index in [9.17, 15) is 4.79 Å². The summed E-state index contributed by atoms with van der Waals surface area (Å²) < 4.78 is 5.16. The number of hydrogen-bond acceptors (Lipinski definition) is 3. The van der Waals surface area contributed by atoms with Gasteiger partial charge in [-0.3, -0.25) is 4.79 Å². The van der Waals surface area contributed by atoms with E-state index in [1.165, 1.54) is 6.20 Å². The minimum Gasteiger partial charge on any atom is -0.436 e. The van der Waals surface area contributed by atoms with Gasteiger partial charge in [0, 0.05) is 6.92 Å². The Kier molecular flexibility index (Phi) is 3.23. The van der Waals surface area contributed by atoms with Crippen LogP contribution in [-0.2, 0) is 0 Å². The van der Waals surface area contributed by atoms with Crippen molar-refractivity contribution >= 4 is 5.91 Å². The summed E-state index contributed by atoms with van der Waals surface area (Å²) in [7, 11) is 0. The summed E-state index contributed by atoms with van der Waals surface area (Å²) in [6.07, 6.45) is 1.43. The van der Waals surface area contributed by atoms with E-state index in [0.29, 0.717) is 5.89 Å². The first-order valence-corrected chi connectivity index (χ1v) is 5.45. The van der Waals surface area contributed by atoms with Gasteiger partial charge in [0.15, 0.2) is 5.89 Å². The number of aromatic nitrogens is 1. The zero-order valence-electron chi connectivity index (χ0n) is 9.81. The largest absolute Gasteiger partial charge is 0.436 e. The van der Waals surface area contributed by atoms with Gasteiger partial charge in [0.05, 0.1) is 12.2 Å². The van der Waals surface area contributed by atoms with Crippen LogP contribution in [0.3, 0.4) is 0 Å². The van der Waals surface area contributed by atoms with Crippen molar-refractivity contribution in [1.82, 2.24) is 10.3 Å². The first-order chi connectivity index (χ1) is 8.16. The van der Waals surface area contributed by atoms with Crippen LogP contribution in [0.25, 0.3) is 0 Å². The van der Waals surface area contributed by atoms with Crippen molar-refractivity contribution in [3.63, 3.8) is 0 Å². The molecule has 2 aromatic rings. The lowest BCUT2D eigenvalue weighted by Crippen LogP contribution is -2.26. The van der Waals surface area contributed by atoms with Crippen LogP contribution in [-0.4, -0.2) is 10.9 Å². The maximum Gasteiger partial charge on any atom is 0.289 e. The lowest BCUT2D eigenvalue weighted by Gasteiger charge is -2.12. The van der Waals surface area contributed by atoms with Gasteiger partial charge in [-0.1, -0.05) is 30.3 Å². The molecule has 0 fully saturated rings. The summed E-state index contributed by atoms with van der Waals surface area (Å²) in [5, 5.41) is 2.85. The molecule has 1 amide bonds. The number of benzene rings is 1. The number of aryl methyl sites for hydroxylation is 1. The summed E-state index contributed by atoms with van der Waals surface area (Å²) in [4.78, 5) is 15.7. The fourth-order valence-corrected chi connectivity index (χ4v) is 1.56. The Bertz CT molecular complexity index is 505. The zero-order valence-corrected chi connectivity index (χ0v) is 9.81. The first-order valence-electron chi connectivity index (χ1n) is 5.45. The second-order valence-corrected chi connectivity index (χ2v) is 3.85. The number of nitrogens with one attached hydrogen (secondary N) is 1. The third-order valence-electron chi connectivity index (χ3n) is 2.49. The fourth-order valence-electron chi connectivity index (χ4n) is 1.56. The highest BCUT2D eigenvalue weighted by molar-refractivity contribution is 5.91. The molecule has 0 aliphatic rings. The standard InChI is InChI=1S/C13H14N2O2/c1-9(11-6-4-3-5-7-11)15-13(16)12-8-14-10(2)17-12/h3-9H,1-2H3,(H,15,16). The van der Waals surface area contributed by atoms with Gasteiger partial charge in [0.2, 0.25) is 5.76 Å². The Morgan fingerprint density at radius 2 is 2.06 bits per heavy atom. The van der Waals surface area contributed by atoms with Crippen LogP contribution in [0.5, 0.6) is 0 Å². The molecule has 1 heterocycles. The number of amides is 1. The highest BCUT2D eigenvalue weighted by atomic mass is 16.4. The summed E-state index contributed by atoms with van der Waals surface area (Å²) in [5.74, 6) is 0.481. The molecule has 4 nitrogen and oxygen atoms in total. The predicted molar refractivity (Wildman–Crippen MR) is 63.6 cm³/mol. The predicted octanol–water partition coefficient (Wildman–Crippen LogP) is 2.47. The maximum atomic E-state index is 11.8. The third kappa shape index (κ3) is 2.72. The van der Waals surface area contributed by atoms with E-state index in [0.717, 1.165) is 5.56 Å². The number of rotatable bonds is 3. The molecule has 0 spiro atoms. The van der Waals surface area contributed by atoms with Crippen LogP contribution in [0.1, 0.15) is 35.0 Å². The van der Waals surface area contributed by atoms with Crippen molar-refractivity contribution in [2.45, 2.75) is 19.9 Å². The molecule has 1 N–H and O–H groups in total. The molecule has 17 heavy (non-hydrogen) atoms. The Morgan fingerprint density at radius 3 is 2.65 bits per heavy atom. The summed E-state index contributed by atoms with van der Waals surface area (Å²) in [5.41, 5.74) is 1.05. The number of carbonyl (C=O) groups is 1. The minimum atomic E-state index is -0.248. The number of oxazole rings is 1. The van der Waals surface area contributed by atoms with Crippen molar-refractivity contribution in [2.24, 2.45) is 0 Å². The SMILES string of the molecule is Cc1ncc(C(=O)NC(C)c2ccccc2)o1. The van der Waals surface area contributed by atoms with E-state index in [2.05, 4.69) is 10.3 Å². The molecule has 0 aliphatic heterocycles. The van der Waals surface area contributed by atoms with E-state index < -0.39 is 0 Å². The van der Waals surface area contributed by atoms with Gasteiger partial charge in [0.25, 0.3) is 5.91 Å². The smallest absolute Gasteiger partial charge is 0.289 e. The van der Waals surface area contributed by atoms with Gasteiger partial charge in [-0.25, -0.2) is 4.98 Å². The average molecular weight is 230 g/mol.